The number of nitrogens with zero attached hydrogens (tertiary/aromatic N) is 5. The number of aliphatic carboxylic acids is 2. The van der Waals surface area contributed by atoms with E-state index in [2.05, 4.69) is 20.6 Å². The number of nitrogens with one attached hydrogen (secondary N) is 1. The normalized spacial score (nSPS) is 14.5. The van der Waals surface area contributed by atoms with Gasteiger partial charge in [0.2, 0.25) is 0 Å². The zero-order chi connectivity index (χ0) is 33.4. The summed E-state index contributed by atoms with van der Waals surface area (Å²) in [7, 11) is 1.65. The van der Waals surface area contributed by atoms with Crippen molar-refractivity contribution in [2.75, 3.05) is 19.0 Å². The highest BCUT2D eigenvalue weighted by Gasteiger charge is 2.39. The van der Waals surface area contributed by atoms with Crippen molar-refractivity contribution in [3.63, 3.8) is 0 Å². The van der Waals surface area contributed by atoms with Gasteiger partial charge in [-0.2, -0.15) is 26.3 Å². The Morgan fingerprint density at radius 1 is 0.933 bits per heavy atom. The number of likely N-dealkylation sites (tertiary alicyclic amines) is 1. The first-order chi connectivity index (χ1) is 21.1. The Kier molecular flexibility index (Phi) is 10.9. The molecule has 3 N–H and O–H groups in total. The van der Waals surface area contributed by atoms with Gasteiger partial charge in [0.15, 0.2) is 0 Å². The van der Waals surface area contributed by atoms with Crippen molar-refractivity contribution in [2.24, 2.45) is 0 Å². The lowest BCUT2D eigenvalue weighted by molar-refractivity contribution is -0.193. The number of benzene rings is 1. The van der Waals surface area contributed by atoms with Crippen molar-refractivity contribution in [3.05, 3.63) is 78.4 Å². The summed E-state index contributed by atoms with van der Waals surface area (Å²) >= 11 is 0. The Hall–Kier alpha value is -5.42. The third kappa shape index (κ3) is 9.28. The van der Waals surface area contributed by atoms with Gasteiger partial charge in [0.05, 0.1) is 30.6 Å². The molecule has 1 aliphatic heterocycles. The van der Waals surface area contributed by atoms with E-state index < -0.39 is 24.3 Å². The molecule has 1 fully saturated rings. The summed E-state index contributed by atoms with van der Waals surface area (Å²) in [5.74, 6) is -4.73. The van der Waals surface area contributed by atoms with Crippen molar-refractivity contribution in [2.45, 2.75) is 31.2 Å². The number of carboxylic acids is 2. The number of hydrogen-bond donors (Lipinski definition) is 3. The molecule has 5 rings (SSSR count). The highest BCUT2D eigenvalue weighted by molar-refractivity contribution is 5.94. The number of rotatable bonds is 5. The number of carbonyl (C=O) groups is 3. The predicted octanol–water partition coefficient (Wildman–Crippen LogP) is 5.12. The number of amides is 1. The quantitative estimate of drug-likeness (QED) is 0.250. The second kappa shape index (κ2) is 14.4. The standard InChI is InChI=1S/C23H22N6O2.2C2HF3O2/c1-31-19-5-2-4-17(14-19)25-18-7-8-21-22(26-27-29(21)15-18)20-6-3-13-28(20)23(30)16-9-11-24-12-10-16;2*3-2(4,5)1(6)7/h2,4-5,7-12,14-15,20,25H,3,6,13H2,1H3;2*(H,6,7). The third-order valence-corrected chi connectivity index (χ3v) is 6.04. The van der Waals surface area contributed by atoms with Crippen LogP contribution in [0.2, 0.25) is 0 Å². The molecule has 1 aliphatic rings. The smallest absolute Gasteiger partial charge is 0.490 e. The van der Waals surface area contributed by atoms with Crippen LogP contribution in [-0.4, -0.2) is 78.8 Å². The second-order valence-corrected chi connectivity index (χ2v) is 9.08. The number of aromatic nitrogens is 4. The van der Waals surface area contributed by atoms with Crippen LogP contribution in [0.25, 0.3) is 5.52 Å². The van der Waals surface area contributed by atoms with Gasteiger partial charge in [-0.25, -0.2) is 14.1 Å². The number of carbonyl (C=O) groups excluding carboxylic acids is 1. The number of carboxylic acid groups (broad SMARTS) is 2. The molecule has 3 aromatic heterocycles. The minimum atomic E-state index is -5.08. The molecular weight excluding hydrogens is 618 g/mol. The van der Waals surface area contributed by atoms with Gasteiger partial charge < -0.3 is 25.2 Å². The first kappa shape index (κ1) is 34.1. The minimum Gasteiger partial charge on any atom is -0.497 e. The number of fused-ring (bicyclic) bond motifs is 1. The summed E-state index contributed by atoms with van der Waals surface area (Å²) < 4.78 is 70.5. The van der Waals surface area contributed by atoms with E-state index in [-0.39, 0.29) is 11.9 Å². The molecule has 1 aromatic carbocycles. The summed E-state index contributed by atoms with van der Waals surface area (Å²) in [5, 5.41) is 26.4. The van der Waals surface area contributed by atoms with Crippen LogP contribution < -0.4 is 10.1 Å². The van der Waals surface area contributed by atoms with Crippen LogP contribution >= 0.6 is 0 Å². The first-order valence-electron chi connectivity index (χ1n) is 12.7. The summed E-state index contributed by atoms with van der Waals surface area (Å²) in [6.07, 6.45) is -3.17. The highest BCUT2D eigenvalue weighted by atomic mass is 19.4. The monoisotopic (exact) mass is 642 g/mol. The van der Waals surface area contributed by atoms with Gasteiger partial charge >= 0.3 is 24.3 Å². The Balaban J connectivity index is 0.000000331. The minimum absolute atomic E-state index is 0.00219. The molecule has 240 valence electrons. The first-order valence-corrected chi connectivity index (χ1v) is 12.7. The maximum atomic E-state index is 13.0. The van der Waals surface area contributed by atoms with Crippen LogP contribution in [0.4, 0.5) is 37.7 Å². The van der Waals surface area contributed by atoms with Crippen LogP contribution in [0.15, 0.2) is 67.1 Å². The number of halogens is 6. The second-order valence-electron chi connectivity index (χ2n) is 9.08. The lowest BCUT2D eigenvalue weighted by atomic mass is 10.1. The number of anilines is 2. The number of ether oxygens (including phenoxy) is 1. The van der Waals surface area contributed by atoms with Gasteiger partial charge in [-0.1, -0.05) is 11.3 Å². The number of alkyl halides is 6. The molecule has 0 aliphatic carbocycles. The van der Waals surface area contributed by atoms with Crippen molar-refractivity contribution >= 4 is 34.7 Å². The third-order valence-electron chi connectivity index (χ3n) is 6.04. The van der Waals surface area contributed by atoms with Crippen LogP contribution in [-0.2, 0) is 9.59 Å². The van der Waals surface area contributed by atoms with Crippen LogP contribution in [0.5, 0.6) is 5.75 Å². The van der Waals surface area contributed by atoms with Crippen LogP contribution in [0.1, 0.15) is 34.9 Å². The molecule has 0 bridgehead atoms. The fourth-order valence-corrected chi connectivity index (χ4v) is 4.05. The average Bonchev–Trinajstić information content (AvgIpc) is 3.64. The van der Waals surface area contributed by atoms with Gasteiger partial charge in [0.25, 0.3) is 5.91 Å². The van der Waals surface area contributed by atoms with Gasteiger partial charge in [-0.05, 0) is 49.2 Å². The average molecular weight is 643 g/mol. The van der Waals surface area contributed by atoms with E-state index in [0.29, 0.717) is 12.1 Å². The van der Waals surface area contributed by atoms with Gasteiger partial charge in [0, 0.05) is 36.3 Å². The SMILES string of the molecule is COc1cccc(Nc2ccc3c(C4CCCN4C(=O)c4ccncc4)nnn3c2)c1.O=C(O)C(F)(F)F.O=C(O)C(F)(F)F. The van der Waals surface area contributed by atoms with E-state index in [1.54, 1.807) is 36.2 Å². The Morgan fingerprint density at radius 3 is 2.13 bits per heavy atom. The molecule has 1 amide bonds. The van der Waals surface area contributed by atoms with Crippen molar-refractivity contribution < 1.29 is 55.7 Å². The van der Waals surface area contributed by atoms with Crippen molar-refractivity contribution in [1.29, 1.82) is 0 Å². The van der Waals surface area contributed by atoms with E-state index in [9.17, 15) is 31.1 Å². The molecular formula is C27H24F6N6O6. The predicted molar refractivity (Wildman–Crippen MR) is 144 cm³/mol. The molecule has 1 saturated heterocycles. The molecule has 0 radical (unpaired) electrons. The molecule has 4 aromatic rings. The van der Waals surface area contributed by atoms with Crippen molar-refractivity contribution in [3.8, 4) is 5.75 Å². The largest absolute Gasteiger partial charge is 0.497 e. The summed E-state index contributed by atoms with van der Waals surface area (Å²) in [5.41, 5.74) is 4.17. The van der Waals surface area contributed by atoms with E-state index in [0.717, 1.165) is 41.2 Å². The molecule has 0 spiro atoms. The number of methoxy groups -OCH3 is 1. The van der Waals surface area contributed by atoms with Crippen LogP contribution in [0.3, 0.4) is 0 Å². The Labute approximate surface area is 249 Å². The summed E-state index contributed by atoms with van der Waals surface area (Å²) in [6.45, 7) is 0.709. The Bertz CT molecular complexity index is 1610. The maximum absolute atomic E-state index is 13.0. The molecule has 45 heavy (non-hydrogen) atoms. The zero-order valence-corrected chi connectivity index (χ0v) is 23.1. The lowest BCUT2D eigenvalue weighted by Crippen LogP contribution is -2.30. The van der Waals surface area contributed by atoms with E-state index in [1.165, 1.54) is 0 Å². The fraction of sp³-hybridized carbons (Fsp3) is 0.259. The van der Waals surface area contributed by atoms with Crippen molar-refractivity contribution in [1.82, 2.24) is 24.7 Å². The zero-order valence-electron chi connectivity index (χ0n) is 23.1. The Morgan fingerprint density at radius 2 is 1.56 bits per heavy atom. The molecule has 4 heterocycles. The van der Waals surface area contributed by atoms with E-state index in [1.807, 2.05) is 47.5 Å². The highest BCUT2D eigenvalue weighted by Crippen LogP contribution is 2.34. The van der Waals surface area contributed by atoms with Gasteiger partial charge in [0.1, 0.15) is 11.4 Å². The lowest BCUT2D eigenvalue weighted by Gasteiger charge is -2.23. The molecule has 0 saturated carbocycles. The molecule has 1 unspecified atom stereocenters. The molecule has 18 heteroatoms. The number of pyridine rings is 2. The molecule has 12 nitrogen and oxygen atoms in total. The number of hydrogen-bond acceptors (Lipinski definition) is 8. The van der Waals surface area contributed by atoms with E-state index in [4.69, 9.17) is 24.5 Å². The van der Waals surface area contributed by atoms with Crippen LogP contribution in [0, 0.1) is 0 Å². The maximum Gasteiger partial charge on any atom is 0.490 e. The summed E-state index contributed by atoms with van der Waals surface area (Å²) in [4.78, 5) is 36.7. The topological polar surface area (TPSA) is 159 Å². The molecule has 1 atom stereocenters. The summed E-state index contributed by atoms with van der Waals surface area (Å²) in [6, 6.07) is 15.1. The van der Waals surface area contributed by atoms with Gasteiger partial charge in [-0.15, -0.1) is 5.10 Å². The van der Waals surface area contributed by atoms with E-state index >= 15 is 0 Å². The fourth-order valence-electron chi connectivity index (χ4n) is 4.05. The van der Waals surface area contributed by atoms with Gasteiger partial charge in [-0.3, -0.25) is 9.78 Å².